The van der Waals surface area contributed by atoms with Gasteiger partial charge in [0.05, 0.1) is 17.8 Å². The SMILES string of the molecule is COc1cc(C=NNC(=O)c2cc(O)c(O)c(O)c2)cc(Br)c1OCc1ccccc1Cl. The molecule has 0 bridgehead atoms. The number of phenols is 3. The minimum atomic E-state index is -0.709. The molecule has 0 fully saturated rings. The van der Waals surface area contributed by atoms with Crippen molar-refractivity contribution in [2.45, 2.75) is 6.61 Å². The number of nitrogens with one attached hydrogen (secondary N) is 1. The first-order chi connectivity index (χ1) is 15.3. The first-order valence-corrected chi connectivity index (χ1v) is 10.3. The Bertz CT molecular complexity index is 1160. The molecule has 3 aromatic rings. The summed E-state index contributed by atoms with van der Waals surface area (Å²) in [5.74, 6) is -1.74. The lowest BCUT2D eigenvalue weighted by molar-refractivity contribution is 0.0954. The summed E-state index contributed by atoms with van der Waals surface area (Å²) in [5.41, 5.74) is 3.60. The maximum Gasteiger partial charge on any atom is 0.271 e. The lowest BCUT2D eigenvalue weighted by Crippen LogP contribution is -2.17. The average Bonchev–Trinajstić information content (AvgIpc) is 2.77. The molecule has 0 heterocycles. The minimum absolute atomic E-state index is 0.0861. The summed E-state index contributed by atoms with van der Waals surface area (Å²) in [6.07, 6.45) is 1.38. The molecule has 8 nitrogen and oxygen atoms in total. The van der Waals surface area contributed by atoms with Crippen LogP contribution in [0.4, 0.5) is 0 Å². The Kier molecular flexibility index (Phi) is 7.45. The second kappa shape index (κ2) is 10.3. The predicted octanol–water partition coefficient (Wildman–Crippen LogP) is 4.57. The van der Waals surface area contributed by atoms with Crippen molar-refractivity contribution < 1.29 is 29.6 Å². The van der Waals surface area contributed by atoms with Crippen LogP contribution in [0.3, 0.4) is 0 Å². The number of hydrogen-bond acceptors (Lipinski definition) is 7. The highest BCUT2D eigenvalue weighted by Gasteiger charge is 2.14. The van der Waals surface area contributed by atoms with Crippen molar-refractivity contribution in [2.75, 3.05) is 7.11 Å². The van der Waals surface area contributed by atoms with Crippen LogP contribution in [0.25, 0.3) is 0 Å². The molecule has 10 heteroatoms. The van der Waals surface area contributed by atoms with Crippen molar-refractivity contribution in [3.8, 4) is 28.7 Å². The van der Waals surface area contributed by atoms with Crippen molar-refractivity contribution in [3.05, 3.63) is 74.7 Å². The molecule has 32 heavy (non-hydrogen) atoms. The molecule has 0 aliphatic rings. The number of hydrazone groups is 1. The van der Waals surface area contributed by atoms with Crippen molar-refractivity contribution >= 4 is 39.7 Å². The number of halogens is 2. The lowest BCUT2D eigenvalue weighted by atomic mass is 10.2. The first kappa shape index (κ1) is 23.2. The smallest absolute Gasteiger partial charge is 0.271 e. The maximum atomic E-state index is 12.1. The molecule has 0 unspecified atom stereocenters. The summed E-state index contributed by atoms with van der Waals surface area (Å²) >= 11 is 9.61. The van der Waals surface area contributed by atoms with E-state index in [0.29, 0.717) is 26.6 Å². The van der Waals surface area contributed by atoms with Crippen LogP contribution in [0, 0.1) is 0 Å². The lowest BCUT2D eigenvalue weighted by Gasteiger charge is -2.14. The number of amides is 1. The molecule has 0 aliphatic heterocycles. The van der Waals surface area contributed by atoms with Crippen LogP contribution in [-0.2, 0) is 6.61 Å². The monoisotopic (exact) mass is 520 g/mol. The van der Waals surface area contributed by atoms with Gasteiger partial charge in [0.1, 0.15) is 6.61 Å². The Hall–Kier alpha value is -3.43. The largest absolute Gasteiger partial charge is 0.504 e. The third kappa shape index (κ3) is 5.43. The molecular weight excluding hydrogens is 504 g/mol. The van der Waals surface area contributed by atoms with E-state index in [1.54, 1.807) is 18.2 Å². The molecule has 0 saturated heterocycles. The molecule has 0 spiro atoms. The van der Waals surface area contributed by atoms with Gasteiger partial charge < -0.3 is 24.8 Å². The van der Waals surface area contributed by atoms with Crippen LogP contribution in [0.1, 0.15) is 21.5 Å². The molecule has 0 aromatic heterocycles. The molecule has 1 amide bonds. The number of aromatic hydroxyl groups is 3. The zero-order valence-electron chi connectivity index (χ0n) is 16.7. The van der Waals surface area contributed by atoms with Crippen molar-refractivity contribution in [2.24, 2.45) is 5.10 Å². The van der Waals surface area contributed by atoms with Crippen molar-refractivity contribution in [1.29, 1.82) is 0 Å². The van der Waals surface area contributed by atoms with Gasteiger partial charge in [-0.1, -0.05) is 29.8 Å². The topological polar surface area (TPSA) is 121 Å². The summed E-state index contributed by atoms with van der Waals surface area (Å²) < 4.78 is 11.9. The van der Waals surface area contributed by atoms with Crippen LogP contribution in [0.15, 0.2) is 58.1 Å². The van der Waals surface area contributed by atoms with Gasteiger partial charge in [-0.25, -0.2) is 5.43 Å². The Morgan fingerprint density at radius 1 is 1.16 bits per heavy atom. The van der Waals surface area contributed by atoms with Gasteiger partial charge >= 0.3 is 0 Å². The fraction of sp³-hybridized carbons (Fsp3) is 0.0909. The van der Waals surface area contributed by atoms with E-state index in [-0.39, 0.29) is 12.2 Å². The Morgan fingerprint density at radius 3 is 2.50 bits per heavy atom. The van der Waals surface area contributed by atoms with Crippen molar-refractivity contribution in [1.82, 2.24) is 5.43 Å². The Labute approximate surface area is 196 Å². The third-order valence-corrected chi connectivity index (χ3v) is 5.25. The van der Waals surface area contributed by atoms with Gasteiger partial charge in [0, 0.05) is 16.1 Å². The first-order valence-electron chi connectivity index (χ1n) is 9.12. The van der Waals surface area contributed by atoms with E-state index in [9.17, 15) is 20.1 Å². The van der Waals surface area contributed by atoms with Gasteiger partial charge in [-0.15, -0.1) is 0 Å². The van der Waals surface area contributed by atoms with Crippen molar-refractivity contribution in [3.63, 3.8) is 0 Å². The second-order valence-electron chi connectivity index (χ2n) is 6.48. The van der Waals surface area contributed by atoms with Crippen LogP contribution in [0.2, 0.25) is 5.02 Å². The highest BCUT2D eigenvalue weighted by Crippen LogP contribution is 2.37. The highest BCUT2D eigenvalue weighted by molar-refractivity contribution is 9.10. The van der Waals surface area contributed by atoms with E-state index in [1.165, 1.54) is 13.3 Å². The molecular formula is C22H18BrClN2O6. The van der Waals surface area contributed by atoms with Gasteiger partial charge in [-0.3, -0.25) is 4.79 Å². The van der Waals surface area contributed by atoms with Gasteiger partial charge in [0.2, 0.25) is 0 Å². The summed E-state index contributed by atoms with van der Waals surface area (Å²) in [5, 5.41) is 32.8. The summed E-state index contributed by atoms with van der Waals surface area (Å²) in [6.45, 7) is 0.241. The standard InChI is InChI=1S/C22H18BrClN2O6/c1-31-19-7-12(6-15(23)21(19)32-11-13-4-2-3-5-16(13)24)10-25-26-22(30)14-8-17(27)20(29)18(28)9-14/h2-10,27-29H,11H2,1H3,(H,26,30). The number of benzene rings is 3. The number of methoxy groups -OCH3 is 1. The molecule has 166 valence electrons. The van der Waals surface area contributed by atoms with Gasteiger partial charge in [-0.2, -0.15) is 5.10 Å². The summed E-state index contributed by atoms with van der Waals surface area (Å²) in [7, 11) is 1.50. The fourth-order valence-electron chi connectivity index (χ4n) is 2.69. The van der Waals surface area contributed by atoms with Crippen LogP contribution >= 0.6 is 27.5 Å². The predicted molar refractivity (Wildman–Crippen MR) is 123 cm³/mol. The van der Waals surface area contributed by atoms with Crippen LogP contribution < -0.4 is 14.9 Å². The normalized spacial score (nSPS) is 10.8. The molecule has 0 aliphatic carbocycles. The van der Waals surface area contributed by atoms with E-state index < -0.39 is 23.2 Å². The number of rotatable bonds is 7. The van der Waals surface area contributed by atoms with E-state index in [4.69, 9.17) is 21.1 Å². The number of carbonyl (C=O) groups excluding carboxylic acids is 1. The molecule has 0 saturated carbocycles. The number of carbonyl (C=O) groups is 1. The Morgan fingerprint density at radius 2 is 1.84 bits per heavy atom. The van der Waals surface area contributed by atoms with E-state index in [2.05, 4.69) is 26.5 Å². The van der Waals surface area contributed by atoms with Gasteiger partial charge in [-0.05, 0) is 51.8 Å². The Balaban J connectivity index is 1.72. The quantitative estimate of drug-likeness (QED) is 0.205. The molecule has 4 N–H and O–H groups in total. The number of ether oxygens (including phenoxy) is 2. The number of phenolic OH excluding ortho intramolecular Hbond substituents is 3. The van der Waals surface area contributed by atoms with Gasteiger partial charge in [0.15, 0.2) is 28.7 Å². The molecule has 3 aromatic carbocycles. The second-order valence-corrected chi connectivity index (χ2v) is 7.74. The number of nitrogens with zero attached hydrogens (tertiary/aromatic N) is 1. The minimum Gasteiger partial charge on any atom is -0.504 e. The highest BCUT2D eigenvalue weighted by atomic mass is 79.9. The fourth-order valence-corrected chi connectivity index (χ4v) is 3.45. The van der Waals surface area contributed by atoms with E-state index in [1.807, 2.05) is 18.2 Å². The van der Waals surface area contributed by atoms with Crippen LogP contribution in [-0.4, -0.2) is 34.6 Å². The summed E-state index contributed by atoms with van der Waals surface area (Å²) in [4.78, 5) is 12.1. The summed E-state index contributed by atoms with van der Waals surface area (Å²) in [6, 6.07) is 12.7. The van der Waals surface area contributed by atoms with E-state index in [0.717, 1.165) is 17.7 Å². The molecule has 3 rings (SSSR count). The maximum absolute atomic E-state index is 12.1. The molecule has 0 radical (unpaired) electrons. The van der Waals surface area contributed by atoms with Gasteiger partial charge in [0.25, 0.3) is 5.91 Å². The third-order valence-electron chi connectivity index (χ3n) is 4.29. The molecule has 0 atom stereocenters. The van der Waals surface area contributed by atoms with Crippen LogP contribution in [0.5, 0.6) is 28.7 Å². The van der Waals surface area contributed by atoms with E-state index >= 15 is 0 Å². The average molecular weight is 522 g/mol. The zero-order chi connectivity index (χ0) is 23.3. The zero-order valence-corrected chi connectivity index (χ0v) is 19.0. The number of hydrogen-bond donors (Lipinski definition) is 4.